The van der Waals surface area contributed by atoms with Gasteiger partial charge in [0.25, 0.3) is 0 Å². The Morgan fingerprint density at radius 2 is 1.85 bits per heavy atom. The van der Waals surface area contributed by atoms with E-state index in [0.717, 1.165) is 5.69 Å². The van der Waals surface area contributed by atoms with Gasteiger partial charge in [-0.05, 0) is 24.3 Å². The lowest BCUT2D eigenvalue weighted by atomic mass is 10.3. The van der Waals surface area contributed by atoms with Gasteiger partial charge >= 0.3 is 10.1 Å². The first-order valence-electron chi connectivity index (χ1n) is 3.51. The molecule has 0 aromatic heterocycles. The molecule has 1 rings (SSSR count). The summed E-state index contributed by atoms with van der Waals surface area (Å²) in [5.41, 5.74) is 0.816. The van der Waals surface area contributed by atoms with Crippen LogP contribution in [0.15, 0.2) is 29.2 Å². The summed E-state index contributed by atoms with van der Waals surface area (Å²) in [6, 6.07) is 6.06. The first-order chi connectivity index (χ1) is 6.10. The highest BCUT2D eigenvalue weighted by Gasteiger charge is 2.12. The molecule has 0 saturated carbocycles. The fourth-order valence-electron chi connectivity index (χ4n) is 0.844. The fraction of sp³-hybridized carbons (Fsp3) is 0.143. The van der Waals surface area contributed by atoms with Gasteiger partial charge in [-0.2, -0.15) is 18.6 Å². The van der Waals surface area contributed by atoms with Crippen LogP contribution >= 0.6 is 0 Å². The van der Waals surface area contributed by atoms with Crippen molar-refractivity contribution in [1.82, 2.24) is 0 Å². The molecular formula is C7H10N2O3S. The second-order valence-corrected chi connectivity index (χ2v) is 3.90. The van der Waals surface area contributed by atoms with Crippen LogP contribution in [0.3, 0.4) is 0 Å². The average molecular weight is 202 g/mol. The van der Waals surface area contributed by atoms with Gasteiger partial charge in [-0.1, -0.05) is 0 Å². The third kappa shape index (κ3) is 2.18. The van der Waals surface area contributed by atoms with Crippen molar-refractivity contribution in [3.8, 4) is 0 Å². The molecule has 0 heterocycles. The van der Waals surface area contributed by atoms with Gasteiger partial charge in [0.05, 0.1) is 4.90 Å². The number of rotatable bonds is 3. The van der Waals surface area contributed by atoms with Crippen LogP contribution in [0.5, 0.6) is 0 Å². The zero-order chi connectivity index (χ0) is 9.90. The van der Waals surface area contributed by atoms with Gasteiger partial charge in [0.1, 0.15) is 0 Å². The molecule has 5 nitrogen and oxygen atoms in total. The van der Waals surface area contributed by atoms with E-state index < -0.39 is 10.1 Å². The summed E-state index contributed by atoms with van der Waals surface area (Å²) in [6.45, 7) is 0. The zero-order valence-electron chi connectivity index (χ0n) is 7.02. The highest BCUT2D eigenvalue weighted by atomic mass is 32.2. The van der Waals surface area contributed by atoms with Crippen molar-refractivity contribution >= 4 is 15.8 Å². The first kappa shape index (κ1) is 9.97. The number of hydrogen-bond acceptors (Lipinski definition) is 5. The summed E-state index contributed by atoms with van der Waals surface area (Å²) in [5.74, 6) is 4.61. The molecule has 0 aliphatic heterocycles. The lowest BCUT2D eigenvalue weighted by Gasteiger charge is -2.02. The van der Waals surface area contributed by atoms with Gasteiger partial charge in [-0.3, -0.25) is 0 Å². The van der Waals surface area contributed by atoms with E-state index >= 15 is 0 Å². The third-order valence-corrected chi connectivity index (χ3v) is 2.66. The van der Waals surface area contributed by atoms with Crippen molar-refractivity contribution in [1.29, 1.82) is 0 Å². The van der Waals surface area contributed by atoms with E-state index in [1.54, 1.807) is 19.2 Å². The van der Waals surface area contributed by atoms with E-state index in [1.807, 2.05) is 0 Å². The number of anilines is 1. The molecule has 0 aliphatic carbocycles. The molecule has 0 aliphatic rings. The Balaban J connectivity index is 3.06. The van der Waals surface area contributed by atoms with Gasteiger partial charge in [0.2, 0.25) is 0 Å². The van der Waals surface area contributed by atoms with E-state index in [-0.39, 0.29) is 4.90 Å². The highest BCUT2D eigenvalue weighted by Crippen LogP contribution is 2.14. The molecule has 13 heavy (non-hydrogen) atoms. The van der Waals surface area contributed by atoms with Crippen molar-refractivity contribution in [3.63, 3.8) is 0 Å². The van der Waals surface area contributed by atoms with Crippen LogP contribution in [-0.2, 0) is 14.4 Å². The van der Waals surface area contributed by atoms with Crippen molar-refractivity contribution in [3.05, 3.63) is 24.3 Å². The maximum Gasteiger partial charge on any atom is 0.312 e. The lowest BCUT2D eigenvalue weighted by molar-refractivity contribution is 0.333. The predicted molar refractivity (Wildman–Crippen MR) is 48.4 cm³/mol. The second kappa shape index (κ2) is 3.73. The Hall–Kier alpha value is -1.11. The summed E-state index contributed by atoms with van der Waals surface area (Å²) in [5, 5.41) is 2.86. The predicted octanol–water partition coefficient (Wildman–Crippen LogP) is 0.307. The summed E-state index contributed by atoms with van der Waals surface area (Å²) in [6.07, 6.45) is 0. The smallest absolute Gasteiger partial charge is 0.312 e. The Labute approximate surface area is 76.6 Å². The first-order valence-corrected chi connectivity index (χ1v) is 4.92. The van der Waals surface area contributed by atoms with E-state index in [1.165, 1.54) is 12.1 Å². The molecule has 0 amide bonds. The van der Waals surface area contributed by atoms with Crippen LogP contribution < -0.4 is 11.2 Å². The number of nitrogens with two attached hydrogens (primary N) is 1. The minimum absolute atomic E-state index is 0.0361. The van der Waals surface area contributed by atoms with Crippen molar-refractivity contribution in [2.75, 3.05) is 12.4 Å². The number of benzene rings is 1. The second-order valence-electron chi connectivity index (χ2n) is 2.32. The molecule has 0 spiro atoms. The van der Waals surface area contributed by atoms with Gasteiger partial charge in [-0.25, -0.2) is 0 Å². The van der Waals surface area contributed by atoms with E-state index in [9.17, 15) is 8.42 Å². The molecule has 0 fully saturated rings. The van der Waals surface area contributed by atoms with Gasteiger partial charge < -0.3 is 5.32 Å². The zero-order valence-corrected chi connectivity index (χ0v) is 7.84. The molecule has 72 valence electrons. The topological polar surface area (TPSA) is 81.4 Å². The molecular weight excluding hydrogens is 192 g/mol. The summed E-state index contributed by atoms with van der Waals surface area (Å²) >= 11 is 0. The highest BCUT2D eigenvalue weighted by molar-refractivity contribution is 7.86. The van der Waals surface area contributed by atoms with E-state index in [2.05, 4.69) is 15.5 Å². The molecule has 0 unspecified atom stereocenters. The Morgan fingerprint density at radius 1 is 1.31 bits per heavy atom. The number of hydrogen-bond donors (Lipinski definition) is 2. The van der Waals surface area contributed by atoms with Gasteiger partial charge in [0.15, 0.2) is 0 Å². The maximum absolute atomic E-state index is 11.0. The molecule has 1 aromatic carbocycles. The standard InChI is InChI=1S/C7H10N2O3S/c1-9-6-2-4-7(5-3-6)13(10,11)12-8/h2-5,9H,8H2,1H3. The third-order valence-electron chi connectivity index (χ3n) is 1.56. The molecule has 6 heteroatoms. The van der Waals surface area contributed by atoms with E-state index in [4.69, 9.17) is 0 Å². The summed E-state index contributed by atoms with van der Waals surface area (Å²) in [4.78, 5) is 0.0361. The van der Waals surface area contributed by atoms with Gasteiger partial charge in [-0.15, -0.1) is 0 Å². The molecule has 3 N–H and O–H groups in total. The van der Waals surface area contributed by atoms with Crippen LogP contribution in [0.1, 0.15) is 0 Å². The number of nitrogens with one attached hydrogen (secondary N) is 1. The van der Waals surface area contributed by atoms with Crippen molar-refractivity contribution in [2.45, 2.75) is 4.90 Å². The average Bonchev–Trinajstić information content (AvgIpc) is 2.18. The van der Waals surface area contributed by atoms with Gasteiger partial charge in [0, 0.05) is 12.7 Å². The minimum Gasteiger partial charge on any atom is -0.388 e. The summed E-state index contributed by atoms with van der Waals surface area (Å²) in [7, 11) is -2.03. The molecule has 0 bridgehead atoms. The Morgan fingerprint density at radius 3 is 2.23 bits per heavy atom. The molecule has 0 radical (unpaired) electrons. The van der Waals surface area contributed by atoms with Crippen LogP contribution in [0.25, 0.3) is 0 Å². The summed E-state index contributed by atoms with van der Waals surface area (Å²) < 4.78 is 25.9. The molecule has 1 aromatic rings. The largest absolute Gasteiger partial charge is 0.388 e. The van der Waals surface area contributed by atoms with Crippen LogP contribution in [0.2, 0.25) is 0 Å². The maximum atomic E-state index is 11.0. The SMILES string of the molecule is CNc1ccc(S(=O)(=O)ON)cc1. The fourth-order valence-corrected chi connectivity index (χ4v) is 1.42. The Bertz CT molecular complexity index is 371. The Kier molecular flexibility index (Phi) is 2.86. The minimum atomic E-state index is -3.77. The molecule has 0 saturated heterocycles. The van der Waals surface area contributed by atoms with Crippen molar-refractivity contribution in [2.24, 2.45) is 5.90 Å². The lowest BCUT2D eigenvalue weighted by Crippen LogP contribution is -2.10. The van der Waals surface area contributed by atoms with E-state index in [0.29, 0.717) is 0 Å². The van der Waals surface area contributed by atoms with Crippen molar-refractivity contribution < 1.29 is 12.7 Å². The quantitative estimate of drug-likeness (QED) is 0.689. The van der Waals surface area contributed by atoms with Crippen LogP contribution in [-0.4, -0.2) is 15.5 Å². The normalized spacial score (nSPS) is 11.2. The monoisotopic (exact) mass is 202 g/mol. The van der Waals surface area contributed by atoms with Crippen LogP contribution in [0.4, 0.5) is 5.69 Å². The molecule has 0 atom stereocenters. The van der Waals surface area contributed by atoms with Crippen LogP contribution in [0, 0.1) is 0 Å².